The van der Waals surface area contributed by atoms with Crippen molar-refractivity contribution in [1.82, 2.24) is 0 Å². The lowest BCUT2D eigenvalue weighted by Gasteiger charge is -2.33. The molecule has 2 aromatic rings. The van der Waals surface area contributed by atoms with E-state index >= 15 is 0 Å². The van der Waals surface area contributed by atoms with Crippen LogP contribution in [0.5, 0.6) is 0 Å². The number of Topliss-reactive ketones (excluding diaryl/α,β-unsaturated/α-hetero) is 1. The van der Waals surface area contributed by atoms with Gasteiger partial charge in [-0.25, -0.2) is 0 Å². The maximum atomic E-state index is 12.7. The summed E-state index contributed by atoms with van der Waals surface area (Å²) in [6.45, 7) is 0. The predicted octanol–water partition coefficient (Wildman–Crippen LogP) is 3.89. The smallest absolute Gasteiger partial charge is 0.151 e. The van der Waals surface area contributed by atoms with Crippen molar-refractivity contribution >= 4 is 5.78 Å². The molecule has 0 spiro atoms. The van der Waals surface area contributed by atoms with Gasteiger partial charge in [0.05, 0.1) is 5.41 Å². The Hall–Kier alpha value is -2.15. The molecule has 0 heterocycles. The summed E-state index contributed by atoms with van der Waals surface area (Å²) < 4.78 is 0. The molecule has 0 atom stereocenters. The summed E-state index contributed by atoms with van der Waals surface area (Å²) in [5.74, 6) is 0.285. The summed E-state index contributed by atoms with van der Waals surface area (Å²) in [5.41, 5.74) is 1.52. The van der Waals surface area contributed by atoms with Crippen LogP contribution in [0.1, 0.15) is 24.0 Å². The molecule has 0 N–H and O–H groups in total. The number of allylic oxidation sites excluding steroid dienone is 2. The van der Waals surface area contributed by atoms with E-state index in [1.807, 2.05) is 60.7 Å². The van der Waals surface area contributed by atoms with Gasteiger partial charge < -0.3 is 0 Å². The zero-order valence-corrected chi connectivity index (χ0v) is 10.8. The maximum Gasteiger partial charge on any atom is 0.151 e. The lowest BCUT2D eigenvalue weighted by atomic mass is 9.68. The van der Waals surface area contributed by atoms with Crippen molar-refractivity contribution in [1.29, 1.82) is 0 Å². The number of ketones is 1. The number of carbonyl (C=O) groups is 1. The largest absolute Gasteiger partial charge is 0.298 e. The number of rotatable bonds is 2. The average Bonchev–Trinajstić information content (AvgIpc) is 2.50. The van der Waals surface area contributed by atoms with Gasteiger partial charge >= 0.3 is 0 Å². The fourth-order valence-electron chi connectivity index (χ4n) is 2.85. The third-order valence-corrected chi connectivity index (χ3v) is 3.80. The Morgan fingerprint density at radius 1 is 0.789 bits per heavy atom. The standard InChI is InChI=1S/C18H16O/c19-17-13-7-8-14-18(17,15-9-3-1-4-10-15)16-11-5-2-6-12-16/h1-6,8-12,14H,7,13H2. The first-order chi connectivity index (χ1) is 9.34. The lowest BCUT2D eigenvalue weighted by molar-refractivity contribution is -0.122. The molecule has 1 aliphatic rings. The number of benzene rings is 2. The summed E-state index contributed by atoms with van der Waals surface area (Å²) in [7, 11) is 0. The van der Waals surface area contributed by atoms with Gasteiger partial charge in [0.25, 0.3) is 0 Å². The van der Waals surface area contributed by atoms with Gasteiger partial charge in [-0.1, -0.05) is 72.8 Å². The molecule has 0 aromatic heterocycles. The molecule has 0 bridgehead atoms. The molecule has 0 saturated carbocycles. The summed E-state index contributed by atoms with van der Waals surface area (Å²) in [4.78, 5) is 12.7. The molecule has 1 aliphatic carbocycles. The van der Waals surface area contributed by atoms with E-state index in [4.69, 9.17) is 0 Å². The van der Waals surface area contributed by atoms with Crippen LogP contribution in [0.2, 0.25) is 0 Å². The molecule has 3 rings (SSSR count). The van der Waals surface area contributed by atoms with Gasteiger partial charge in [-0.05, 0) is 17.5 Å². The van der Waals surface area contributed by atoms with E-state index in [1.54, 1.807) is 0 Å². The molecule has 0 unspecified atom stereocenters. The average molecular weight is 248 g/mol. The predicted molar refractivity (Wildman–Crippen MR) is 77.0 cm³/mol. The molecule has 1 nitrogen and oxygen atoms in total. The van der Waals surface area contributed by atoms with Gasteiger partial charge in [0.1, 0.15) is 0 Å². The topological polar surface area (TPSA) is 17.1 Å². The molecule has 0 saturated heterocycles. The normalized spacial score (nSPS) is 17.4. The van der Waals surface area contributed by atoms with Gasteiger partial charge in [-0.3, -0.25) is 4.79 Å². The van der Waals surface area contributed by atoms with E-state index in [-0.39, 0.29) is 5.78 Å². The van der Waals surface area contributed by atoms with E-state index in [9.17, 15) is 4.79 Å². The van der Waals surface area contributed by atoms with Crippen LogP contribution in [0.3, 0.4) is 0 Å². The van der Waals surface area contributed by atoms with E-state index < -0.39 is 5.41 Å². The monoisotopic (exact) mass is 248 g/mol. The highest BCUT2D eigenvalue weighted by molar-refractivity contribution is 5.97. The van der Waals surface area contributed by atoms with Gasteiger partial charge in [-0.15, -0.1) is 0 Å². The molecule has 0 amide bonds. The van der Waals surface area contributed by atoms with Crippen LogP contribution in [0, 0.1) is 0 Å². The van der Waals surface area contributed by atoms with Crippen LogP contribution >= 0.6 is 0 Å². The van der Waals surface area contributed by atoms with Gasteiger partial charge in [0.15, 0.2) is 5.78 Å². The molecule has 2 aromatic carbocycles. The highest BCUT2D eigenvalue weighted by Gasteiger charge is 2.39. The number of carbonyl (C=O) groups excluding carboxylic acids is 1. The van der Waals surface area contributed by atoms with Crippen LogP contribution in [0.15, 0.2) is 72.8 Å². The summed E-state index contributed by atoms with van der Waals surface area (Å²) >= 11 is 0. The van der Waals surface area contributed by atoms with E-state index in [0.29, 0.717) is 6.42 Å². The minimum atomic E-state index is -0.596. The SMILES string of the molecule is O=C1CCC=CC1(c1ccccc1)c1ccccc1. The highest BCUT2D eigenvalue weighted by Crippen LogP contribution is 2.38. The third kappa shape index (κ3) is 1.91. The van der Waals surface area contributed by atoms with E-state index in [0.717, 1.165) is 17.5 Å². The second-order valence-corrected chi connectivity index (χ2v) is 4.90. The first-order valence-electron chi connectivity index (χ1n) is 6.66. The Morgan fingerprint density at radius 3 is 1.79 bits per heavy atom. The molecule has 0 radical (unpaired) electrons. The van der Waals surface area contributed by atoms with Crippen molar-refractivity contribution in [3.63, 3.8) is 0 Å². The lowest BCUT2D eigenvalue weighted by Crippen LogP contribution is -2.36. The Balaban J connectivity index is 2.25. The van der Waals surface area contributed by atoms with Crippen molar-refractivity contribution in [2.75, 3.05) is 0 Å². The minimum absolute atomic E-state index is 0.285. The van der Waals surface area contributed by atoms with Crippen LogP contribution in [-0.2, 0) is 10.2 Å². The van der Waals surface area contributed by atoms with Crippen molar-refractivity contribution in [3.8, 4) is 0 Å². The fraction of sp³-hybridized carbons (Fsp3) is 0.167. The summed E-state index contributed by atoms with van der Waals surface area (Å²) in [6, 6.07) is 20.1. The first-order valence-corrected chi connectivity index (χ1v) is 6.66. The van der Waals surface area contributed by atoms with Crippen LogP contribution in [-0.4, -0.2) is 5.78 Å². The van der Waals surface area contributed by atoms with Gasteiger partial charge in [0.2, 0.25) is 0 Å². The third-order valence-electron chi connectivity index (χ3n) is 3.80. The fourth-order valence-corrected chi connectivity index (χ4v) is 2.85. The Morgan fingerprint density at radius 2 is 1.32 bits per heavy atom. The summed E-state index contributed by atoms with van der Waals surface area (Å²) in [6.07, 6.45) is 5.66. The number of hydrogen-bond donors (Lipinski definition) is 0. The second kappa shape index (κ2) is 4.85. The molecule has 0 aliphatic heterocycles. The van der Waals surface area contributed by atoms with Gasteiger partial charge in [-0.2, -0.15) is 0 Å². The van der Waals surface area contributed by atoms with Crippen LogP contribution < -0.4 is 0 Å². The summed E-state index contributed by atoms with van der Waals surface area (Å²) in [5, 5.41) is 0. The van der Waals surface area contributed by atoms with Gasteiger partial charge in [0, 0.05) is 6.42 Å². The molecule has 19 heavy (non-hydrogen) atoms. The quantitative estimate of drug-likeness (QED) is 0.737. The van der Waals surface area contributed by atoms with Crippen LogP contribution in [0.25, 0.3) is 0 Å². The maximum absolute atomic E-state index is 12.7. The van der Waals surface area contributed by atoms with E-state index in [1.165, 1.54) is 0 Å². The highest BCUT2D eigenvalue weighted by atomic mass is 16.1. The molecule has 1 heteroatoms. The Labute approximate surface area is 113 Å². The Bertz CT molecular complexity index is 557. The zero-order valence-electron chi connectivity index (χ0n) is 10.8. The first kappa shape index (κ1) is 11.9. The van der Waals surface area contributed by atoms with Crippen molar-refractivity contribution in [2.24, 2.45) is 0 Å². The minimum Gasteiger partial charge on any atom is -0.298 e. The van der Waals surface area contributed by atoms with Crippen molar-refractivity contribution in [3.05, 3.63) is 83.9 Å². The Kier molecular flexibility index (Phi) is 3.04. The van der Waals surface area contributed by atoms with Crippen molar-refractivity contribution in [2.45, 2.75) is 18.3 Å². The molecule has 94 valence electrons. The second-order valence-electron chi connectivity index (χ2n) is 4.90. The molecular weight excluding hydrogens is 232 g/mol. The van der Waals surface area contributed by atoms with Crippen molar-refractivity contribution < 1.29 is 4.79 Å². The molecule has 0 fully saturated rings. The zero-order chi connectivity index (χ0) is 13.1. The molecular formula is C18H16O. The van der Waals surface area contributed by atoms with Crippen LogP contribution in [0.4, 0.5) is 0 Å². The number of hydrogen-bond acceptors (Lipinski definition) is 1. The van der Waals surface area contributed by atoms with E-state index in [2.05, 4.69) is 12.2 Å².